The van der Waals surface area contributed by atoms with Crippen LogP contribution in [-0.4, -0.2) is 47.3 Å². The molecule has 0 aliphatic carbocycles. The number of hydrazone groups is 1. The molecule has 9 heteroatoms. The first-order valence-corrected chi connectivity index (χ1v) is 9.89. The number of benzene rings is 2. The van der Waals surface area contributed by atoms with Crippen LogP contribution in [0.5, 0.6) is 0 Å². The number of hydrogen-bond acceptors (Lipinski definition) is 4. The maximum Gasteiger partial charge on any atom is 0.254 e. The van der Waals surface area contributed by atoms with E-state index in [4.69, 9.17) is 5.73 Å². The zero-order valence-electron chi connectivity index (χ0n) is 16.7. The molecular weight excluding hydrogens is 408 g/mol. The fraction of sp³-hybridized carbons (Fsp3) is 0.286. The average molecular weight is 432 g/mol. The highest BCUT2D eigenvalue weighted by atomic mass is 32.1. The fourth-order valence-electron chi connectivity index (χ4n) is 3.71. The van der Waals surface area contributed by atoms with Crippen molar-refractivity contribution in [1.29, 1.82) is 0 Å². The number of rotatable bonds is 4. The second kappa shape index (κ2) is 9.17. The summed E-state index contributed by atoms with van der Waals surface area (Å²) in [5.41, 5.74) is 8.28. The number of anilines is 1. The molecule has 0 saturated carbocycles. The molecule has 0 spiro atoms. The second-order valence-electron chi connectivity index (χ2n) is 7.24. The van der Waals surface area contributed by atoms with Gasteiger partial charge in [-0.05, 0) is 44.3 Å². The minimum absolute atomic E-state index is 0.0287. The summed E-state index contributed by atoms with van der Waals surface area (Å²) >= 11 is 4.61. The van der Waals surface area contributed by atoms with Crippen molar-refractivity contribution in [2.24, 2.45) is 10.8 Å². The average Bonchev–Trinajstić information content (AvgIpc) is 2.70. The van der Waals surface area contributed by atoms with Crippen LogP contribution < -0.4 is 16.1 Å². The van der Waals surface area contributed by atoms with E-state index in [1.54, 1.807) is 21.9 Å². The quantitative estimate of drug-likeness (QED) is 0.442. The van der Waals surface area contributed by atoms with Crippen LogP contribution in [0, 0.1) is 11.6 Å². The Morgan fingerprint density at radius 3 is 2.40 bits per heavy atom. The molecule has 30 heavy (non-hydrogen) atoms. The van der Waals surface area contributed by atoms with Crippen LogP contribution in [-0.2, 0) is 0 Å². The van der Waals surface area contributed by atoms with Gasteiger partial charge in [0.25, 0.3) is 5.91 Å². The summed E-state index contributed by atoms with van der Waals surface area (Å²) in [7, 11) is 0. The zero-order valence-corrected chi connectivity index (χ0v) is 17.5. The summed E-state index contributed by atoms with van der Waals surface area (Å²) in [5, 5.41) is 3.59. The van der Waals surface area contributed by atoms with Gasteiger partial charge in [0.1, 0.15) is 11.6 Å². The lowest BCUT2D eigenvalue weighted by Gasteiger charge is -2.45. The molecule has 2 aromatic carbocycles. The molecule has 1 heterocycles. The smallest absolute Gasteiger partial charge is 0.254 e. The van der Waals surface area contributed by atoms with Crippen LogP contribution in [0.3, 0.4) is 0 Å². The third-order valence-electron chi connectivity index (χ3n) is 4.96. The molecule has 2 atom stereocenters. The number of nitrogens with one attached hydrogen (secondary N) is 1. The number of halogens is 2. The van der Waals surface area contributed by atoms with Crippen LogP contribution in [0.25, 0.3) is 0 Å². The number of hydrogen-bond donors (Lipinski definition) is 2. The van der Waals surface area contributed by atoms with Crippen molar-refractivity contribution in [2.75, 3.05) is 18.0 Å². The maximum atomic E-state index is 14.8. The van der Waals surface area contributed by atoms with Crippen molar-refractivity contribution < 1.29 is 13.6 Å². The van der Waals surface area contributed by atoms with Crippen molar-refractivity contribution in [3.63, 3.8) is 0 Å². The Labute approximate surface area is 179 Å². The molecule has 2 aromatic rings. The van der Waals surface area contributed by atoms with Crippen LogP contribution in [0.2, 0.25) is 0 Å². The van der Waals surface area contributed by atoms with Crippen LogP contribution in [0.4, 0.5) is 14.5 Å². The number of nitrogens with zero attached hydrogens (tertiary/aromatic N) is 3. The molecule has 1 aliphatic rings. The Kier molecular flexibility index (Phi) is 6.61. The van der Waals surface area contributed by atoms with Crippen molar-refractivity contribution in [1.82, 2.24) is 10.3 Å². The lowest BCUT2D eigenvalue weighted by atomic mass is 10.0. The molecule has 3 rings (SSSR count). The minimum atomic E-state index is -0.622. The Bertz CT molecular complexity index is 957. The molecule has 0 unspecified atom stereocenters. The number of nitrogens with two attached hydrogens (primary N) is 1. The first kappa shape index (κ1) is 21.6. The van der Waals surface area contributed by atoms with Crippen molar-refractivity contribution in [2.45, 2.75) is 25.9 Å². The molecule has 1 aliphatic heterocycles. The van der Waals surface area contributed by atoms with Gasteiger partial charge < -0.3 is 15.5 Å². The summed E-state index contributed by atoms with van der Waals surface area (Å²) < 4.78 is 29.2. The van der Waals surface area contributed by atoms with Gasteiger partial charge in [0.05, 0.1) is 11.9 Å². The van der Waals surface area contributed by atoms with E-state index in [-0.39, 0.29) is 34.4 Å². The van der Waals surface area contributed by atoms with Gasteiger partial charge >= 0.3 is 0 Å². The summed E-state index contributed by atoms with van der Waals surface area (Å²) in [5.74, 6) is -1.27. The van der Waals surface area contributed by atoms with Gasteiger partial charge in [-0.2, -0.15) is 5.10 Å². The Morgan fingerprint density at radius 1 is 1.17 bits per heavy atom. The number of piperazine rings is 1. The summed E-state index contributed by atoms with van der Waals surface area (Å²) in [6, 6.07) is 10.9. The molecule has 3 N–H and O–H groups in total. The molecule has 6 nitrogen and oxygen atoms in total. The summed E-state index contributed by atoms with van der Waals surface area (Å²) in [6.45, 7) is 4.58. The highest BCUT2D eigenvalue weighted by molar-refractivity contribution is 7.80. The number of carbonyl (C=O) groups is 1. The largest absolute Gasteiger partial charge is 0.375 e. The molecule has 0 bridgehead atoms. The molecule has 1 fully saturated rings. The maximum absolute atomic E-state index is 14.8. The van der Waals surface area contributed by atoms with E-state index in [1.807, 2.05) is 32.0 Å². The third-order valence-corrected chi connectivity index (χ3v) is 5.05. The predicted molar refractivity (Wildman–Crippen MR) is 118 cm³/mol. The van der Waals surface area contributed by atoms with Crippen LogP contribution in [0.1, 0.15) is 29.8 Å². The Hall–Kier alpha value is -3.07. The van der Waals surface area contributed by atoms with Crippen LogP contribution >= 0.6 is 12.2 Å². The van der Waals surface area contributed by atoms with E-state index in [2.05, 4.69) is 22.7 Å². The minimum Gasteiger partial charge on any atom is -0.375 e. The van der Waals surface area contributed by atoms with Gasteiger partial charge in [0.2, 0.25) is 0 Å². The second-order valence-corrected chi connectivity index (χ2v) is 7.68. The highest BCUT2D eigenvalue weighted by Gasteiger charge is 2.34. The van der Waals surface area contributed by atoms with E-state index in [0.717, 1.165) is 18.3 Å². The molecule has 158 valence electrons. The standard InChI is InChI=1S/C21H23F2N5OS/c1-13-11-27(12-14(2)28(13)20(29)15-6-4-3-5-7-15)19-9-17(22)16(8-18(19)23)10-25-26-21(24)30/h3-10,13-14H,11-12H2,1-2H3,(H3,24,26,30)/b25-10+/t13-,14+. The fourth-order valence-corrected chi connectivity index (χ4v) is 3.76. The first-order valence-electron chi connectivity index (χ1n) is 9.48. The number of carbonyl (C=O) groups excluding carboxylic acids is 1. The topological polar surface area (TPSA) is 74.0 Å². The molecule has 1 saturated heterocycles. The lowest BCUT2D eigenvalue weighted by Crippen LogP contribution is -2.59. The van der Waals surface area contributed by atoms with E-state index < -0.39 is 11.6 Å². The Balaban J connectivity index is 1.78. The lowest BCUT2D eigenvalue weighted by molar-refractivity contribution is 0.0574. The van der Waals surface area contributed by atoms with Crippen LogP contribution in [0.15, 0.2) is 47.6 Å². The highest BCUT2D eigenvalue weighted by Crippen LogP contribution is 2.28. The summed E-state index contributed by atoms with van der Waals surface area (Å²) in [6.07, 6.45) is 1.11. The van der Waals surface area contributed by atoms with E-state index >= 15 is 0 Å². The predicted octanol–water partition coefficient (Wildman–Crippen LogP) is 2.87. The third kappa shape index (κ3) is 4.73. The molecule has 1 amide bonds. The van der Waals surface area contributed by atoms with Gasteiger partial charge in [-0.1, -0.05) is 18.2 Å². The molecule has 0 radical (unpaired) electrons. The normalized spacial score (nSPS) is 19.2. The number of amides is 1. The SMILES string of the molecule is C[C@@H]1CN(c2cc(F)c(/C=N/NC(N)=S)cc2F)C[C@H](C)N1C(=O)c1ccccc1. The van der Waals surface area contributed by atoms with Gasteiger partial charge in [-0.25, -0.2) is 8.78 Å². The van der Waals surface area contributed by atoms with Gasteiger partial charge in [0, 0.05) is 42.4 Å². The van der Waals surface area contributed by atoms with Gasteiger partial charge in [-0.15, -0.1) is 0 Å². The van der Waals surface area contributed by atoms with E-state index in [1.165, 1.54) is 0 Å². The molecular formula is C21H23F2N5OS. The van der Waals surface area contributed by atoms with Crippen molar-refractivity contribution >= 4 is 35.1 Å². The van der Waals surface area contributed by atoms with Crippen molar-refractivity contribution in [3.05, 3.63) is 65.2 Å². The summed E-state index contributed by atoms with van der Waals surface area (Å²) in [4.78, 5) is 16.5. The Morgan fingerprint density at radius 2 is 1.80 bits per heavy atom. The first-order chi connectivity index (χ1) is 14.3. The zero-order chi connectivity index (χ0) is 21.8. The van der Waals surface area contributed by atoms with E-state index in [9.17, 15) is 13.6 Å². The monoisotopic (exact) mass is 431 g/mol. The van der Waals surface area contributed by atoms with Gasteiger partial charge in [-0.3, -0.25) is 10.2 Å². The molecule has 0 aromatic heterocycles. The van der Waals surface area contributed by atoms with Crippen molar-refractivity contribution in [3.8, 4) is 0 Å². The number of thiocarbonyl (C=S) groups is 1. The van der Waals surface area contributed by atoms with E-state index in [0.29, 0.717) is 18.7 Å². The van der Waals surface area contributed by atoms with Gasteiger partial charge in [0.15, 0.2) is 5.11 Å².